The third-order valence-corrected chi connectivity index (χ3v) is 4.36. The highest BCUT2D eigenvalue weighted by atomic mass is 127. The number of hydrogen-bond donors (Lipinski definition) is 1. The number of carbonyl (C=O) groups excluding carboxylic acids is 1. The van der Waals surface area contributed by atoms with Crippen molar-refractivity contribution in [3.05, 3.63) is 43.8 Å². The molecule has 2 atom stereocenters. The van der Waals surface area contributed by atoms with Crippen LogP contribution in [0.1, 0.15) is 12.0 Å². The summed E-state index contributed by atoms with van der Waals surface area (Å²) in [5, 5.41) is 12.9. The molecule has 1 N–H and O–H groups in total. The van der Waals surface area contributed by atoms with Crippen molar-refractivity contribution in [2.75, 3.05) is 13.1 Å². The average Bonchev–Trinajstić information content (AvgIpc) is 2.85. The van der Waals surface area contributed by atoms with E-state index in [0.29, 0.717) is 6.54 Å². The fraction of sp³-hybridized carbons (Fsp3) is 0.429. The average molecular weight is 414 g/mol. The molecule has 1 aromatic carbocycles. The molecule has 1 unspecified atom stereocenters. The Bertz CT molecular complexity index is 613. The van der Waals surface area contributed by atoms with Gasteiger partial charge in [-0.1, -0.05) is 17.2 Å². The van der Waals surface area contributed by atoms with Crippen LogP contribution in [-0.2, 0) is 16.0 Å². The zero-order valence-electron chi connectivity index (χ0n) is 11.7. The number of nitrogens with zero attached hydrogens (tertiary/aromatic N) is 4. The van der Waals surface area contributed by atoms with Gasteiger partial charge in [-0.2, -0.15) is 0 Å². The van der Waals surface area contributed by atoms with Crippen molar-refractivity contribution in [1.29, 1.82) is 0 Å². The van der Waals surface area contributed by atoms with Gasteiger partial charge in [0.2, 0.25) is 5.91 Å². The topological polar surface area (TPSA) is 106 Å². The number of amides is 1. The van der Waals surface area contributed by atoms with E-state index < -0.39 is 12.0 Å². The highest BCUT2D eigenvalue weighted by Crippen LogP contribution is 2.23. The molecule has 0 bridgehead atoms. The molecule has 1 saturated heterocycles. The van der Waals surface area contributed by atoms with Gasteiger partial charge in [0.25, 0.3) is 0 Å². The van der Waals surface area contributed by atoms with Crippen LogP contribution in [0.25, 0.3) is 10.4 Å². The maximum absolute atomic E-state index is 12.1. The van der Waals surface area contributed by atoms with Crippen molar-refractivity contribution < 1.29 is 14.7 Å². The van der Waals surface area contributed by atoms with E-state index in [2.05, 4.69) is 32.6 Å². The summed E-state index contributed by atoms with van der Waals surface area (Å²) in [6.07, 6.45) is 0.502. The second kappa shape index (κ2) is 7.46. The molecule has 1 amide bonds. The van der Waals surface area contributed by atoms with Gasteiger partial charge in [0.05, 0.1) is 0 Å². The summed E-state index contributed by atoms with van der Waals surface area (Å²) in [4.78, 5) is 27.7. The summed E-state index contributed by atoms with van der Waals surface area (Å²) in [5.41, 5.74) is 9.21. The number of carbonyl (C=O) groups is 2. The molecule has 1 heterocycles. The van der Waals surface area contributed by atoms with Crippen LogP contribution >= 0.6 is 22.6 Å². The van der Waals surface area contributed by atoms with Crippen LogP contribution in [0.3, 0.4) is 0 Å². The third-order valence-electron chi connectivity index (χ3n) is 3.65. The number of carboxylic acid groups (broad SMARTS) is 1. The number of aliphatic carboxylic acids is 1. The Morgan fingerprint density at radius 2 is 2.18 bits per heavy atom. The van der Waals surface area contributed by atoms with Gasteiger partial charge in [0.15, 0.2) is 0 Å². The van der Waals surface area contributed by atoms with Crippen molar-refractivity contribution in [2.24, 2.45) is 11.0 Å². The summed E-state index contributed by atoms with van der Waals surface area (Å²) in [6, 6.07) is 6.67. The Kier molecular flexibility index (Phi) is 5.62. The van der Waals surface area contributed by atoms with Gasteiger partial charge in [-0.15, -0.1) is 0 Å². The molecule has 7 nitrogen and oxygen atoms in total. The zero-order valence-corrected chi connectivity index (χ0v) is 13.9. The molecule has 2 rings (SSSR count). The van der Waals surface area contributed by atoms with E-state index >= 15 is 0 Å². The molecule has 0 aliphatic carbocycles. The molecule has 0 saturated carbocycles. The molecule has 1 aliphatic heterocycles. The molecule has 0 aromatic heterocycles. The number of likely N-dealkylation sites (tertiary alicyclic amines) is 1. The quantitative estimate of drug-likeness (QED) is 0.335. The van der Waals surface area contributed by atoms with E-state index in [9.17, 15) is 14.7 Å². The van der Waals surface area contributed by atoms with Gasteiger partial charge >= 0.3 is 5.97 Å². The van der Waals surface area contributed by atoms with Crippen molar-refractivity contribution in [3.63, 3.8) is 0 Å². The number of rotatable bonds is 6. The largest absolute Gasteiger partial charge is 0.480 e. The first-order valence-corrected chi connectivity index (χ1v) is 7.86. The second-order valence-corrected chi connectivity index (χ2v) is 6.46. The summed E-state index contributed by atoms with van der Waals surface area (Å²) >= 11 is 2.18. The van der Waals surface area contributed by atoms with Gasteiger partial charge in [-0.3, -0.25) is 4.79 Å². The molecule has 8 heteroatoms. The molecule has 0 radical (unpaired) electrons. The number of carboxylic acids is 1. The van der Waals surface area contributed by atoms with Crippen molar-refractivity contribution >= 4 is 34.5 Å². The first-order valence-electron chi connectivity index (χ1n) is 6.79. The van der Waals surface area contributed by atoms with E-state index in [-0.39, 0.29) is 31.2 Å². The second-order valence-electron chi connectivity index (χ2n) is 5.21. The van der Waals surface area contributed by atoms with Gasteiger partial charge in [-0.05, 0) is 51.7 Å². The maximum Gasteiger partial charge on any atom is 0.326 e. The maximum atomic E-state index is 12.1. The lowest BCUT2D eigenvalue weighted by atomic mass is 10.0. The monoisotopic (exact) mass is 414 g/mol. The Labute approximate surface area is 141 Å². The van der Waals surface area contributed by atoms with Crippen molar-refractivity contribution in [2.45, 2.75) is 18.9 Å². The lowest BCUT2D eigenvalue weighted by molar-refractivity contribution is -0.148. The molecule has 1 aliphatic rings. The van der Waals surface area contributed by atoms with Crippen LogP contribution in [0.4, 0.5) is 0 Å². The van der Waals surface area contributed by atoms with Crippen LogP contribution in [0.15, 0.2) is 29.4 Å². The SMILES string of the molecule is [N-]=[N+]=NCC1CC(=O)N([C@@H](Cc2ccc(I)cc2)C(=O)O)C1. The summed E-state index contributed by atoms with van der Waals surface area (Å²) in [7, 11) is 0. The van der Waals surface area contributed by atoms with Gasteiger partial charge in [0, 0.05) is 34.4 Å². The van der Waals surface area contributed by atoms with Crippen LogP contribution < -0.4 is 0 Å². The first kappa shape index (κ1) is 16.6. The van der Waals surface area contributed by atoms with Gasteiger partial charge < -0.3 is 10.0 Å². The Morgan fingerprint density at radius 1 is 1.50 bits per heavy atom. The fourth-order valence-corrected chi connectivity index (χ4v) is 2.92. The zero-order chi connectivity index (χ0) is 16.1. The molecule has 1 aromatic rings. The number of azide groups is 1. The van der Waals surface area contributed by atoms with Crippen LogP contribution in [0.2, 0.25) is 0 Å². The van der Waals surface area contributed by atoms with E-state index in [1.807, 2.05) is 24.3 Å². The first-order chi connectivity index (χ1) is 10.5. The van der Waals surface area contributed by atoms with Crippen LogP contribution in [0, 0.1) is 9.49 Å². The Hall–Kier alpha value is -1.80. The van der Waals surface area contributed by atoms with Crippen LogP contribution in [-0.4, -0.2) is 41.0 Å². The van der Waals surface area contributed by atoms with Gasteiger partial charge in [0.1, 0.15) is 6.04 Å². The summed E-state index contributed by atoms with van der Waals surface area (Å²) < 4.78 is 1.07. The normalized spacial score (nSPS) is 18.9. The predicted molar refractivity (Wildman–Crippen MR) is 88.1 cm³/mol. The minimum absolute atomic E-state index is 0.109. The Balaban J connectivity index is 2.10. The van der Waals surface area contributed by atoms with E-state index in [1.54, 1.807) is 0 Å². The van der Waals surface area contributed by atoms with E-state index in [1.165, 1.54) is 4.90 Å². The molecule has 22 heavy (non-hydrogen) atoms. The fourth-order valence-electron chi connectivity index (χ4n) is 2.56. The minimum atomic E-state index is -1.02. The predicted octanol–water partition coefficient (Wildman–Crippen LogP) is 2.45. The highest BCUT2D eigenvalue weighted by molar-refractivity contribution is 14.1. The number of halogens is 1. The Morgan fingerprint density at radius 3 is 2.77 bits per heavy atom. The van der Waals surface area contributed by atoms with Gasteiger partial charge in [-0.25, -0.2) is 4.79 Å². The lowest BCUT2D eigenvalue weighted by Crippen LogP contribution is -2.43. The lowest BCUT2D eigenvalue weighted by Gasteiger charge is -2.24. The highest BCUT2D eigenvalue weighted by Gasteiger charge is 2.37. The molecule has 1 fully saturated rings. The standard InChI is InChI=1S/C14H15IN4O3/c15-11-3-1-9(2-4-11)5-12(14(21)22)19-8-10(6-13(19)20)7-17-18-16/h1-4,10,12H,5-8H2,(H,21,22)/t10?,12-/m0/s1. The summed E-state index contributed by atoms with van der Waals surface area (Å²) in [5.74, 6) is -1.32. The number of hydrogen-bond acceptors (Lipinski definition) is 3. The molecular weight excluding hydrogens is 399 g/mol. The smallest absolute Gasteiger partial charge is 0.326 e. The van der Waals surface area contributed by atoms with E-state index in [0.717, 1.165) is 9.13 Å². The van der Waals surface area contributed by atoms with Crippen molar-refractivity contribution in [3.8, 4) is 0 Å². The molecule has 0 spiro atoms. The van der Waals surface area contributed by atoms with Crippen molar-refractivity contribution in [1.82, 2.24) is 4.90 Å². The van der Waals surface area contributed by atoms with Crippen LogP contribution in [0.5, 0.6) is 0 Å². The minimum Gasteiger partial charge on any atom is -0.480 e. The molecule has 116 valence electrons. The van der Waals surface area contributed by atoms with E-state index in [4.69, 9.17) is 5.53 Å². The number of benzene rings is 1. The summed E-state index contributed by atoms with van der Waals surface area (Å²) in [6.45, 7) is 0.536. The molecular formula is C14H15IN4O3. The third kappa shape index (κ3) is 4.11.